The lowest BCUT2D eigenvalue weighted by molar-refractivity contribution is -0.539. The van der Waals surface area contributed by atoms with Crippen LogP contribution in [-0.4, -0.2) is 69.4 Å². The van der Waals surface area contributed by atoms with Crippen LogP contribution in [0.15, 0.2) is 35.3 Å². The normalized spacial score (nSPS) is 23.7. The van der Waals surface area contributed by atoms with Crippen LogP contribution in [0.25, 0.3) is 0 Å². The third kappa shape index (κ3) is 7.20. The number of hydrogen-bond donors (Lipinski definition) is 3. The number of halogens is 1. The second kappa shape index (κ2) is 12.4. The maximum Gasteiger partial charge on any atom is 0.308 e. The van der Waals surface area contributed by atoms with Gasteiger partial charge in [-0.2, -0.15) is 0 Å². The summed E-state index contributed by atoms with van der Waals surface area (Å²) in [5.74, 6) is 0.643. The molecule has 0 aromatic heterocycles. The predicted molar refractivity (Wildman–Crippen MR) is 119 cm³/mol. The topological polar surface area (TPSA) is 94.2 Å². The molecule has 2 heterocycles. The van der Waals surface area contributed by atoms with Crippen LogP contribution >= 0.6 is 11.8 Å². The molecule has 2 aliphatic rings. The molecule has 9 heteroatoms. The van der Waals surface area contributed by atoms with Gasteiger partial charge in [-0.15, -0.1) is 0 Å². The maximum atomic E-state index is 12.2. The lowest BCUT2D eigenvalue weighted by Gasteiger charge is -2.15. The Morgan fingerprint density at radius 3 is 2.74 bits per heavy atom. The van der Waals surface area contributed by atoms with E-state index in [1.807, 2.05) is 43.5 Å². The Hall–Kier alpha value is -1.61. The van der Waals surface area contributed by atoms with E-state index in [9.17, 15) is 15.0 Å². The summed E-state index contributed by atoms with van der Waals surface area (Å²) < 4.78 is 7.51. The molecular formula is C22H32ClN3O4S. The van der Waals surface area contributed by atoms with Gasteiger partial charge in [-0.25, -0.2) is 10.3 Å². The lowest BCUT2D eigenvalue weighted by atomic mass is 10.0. The van der Waals surface area contributed by atoms with E-state index in [1.165, 1.54) is 0 Å². The van der Waals surface area contributed by atoms with Gasteiger partial charge in [0.15, 0.2) is 6.04 Å². The van der Waals surface area contributed by atoms with Crippen molar-refractivity contribution in [2.75, 3.05) is 19.3 Å². The first kappa shape index (κ1) is 25.6. The smallest absolute Gasteiger partial charge is 0.308 e. The SMILES string of the molecule is CSC1=NC2C[C@H](O)[C@H](O)C[N+](CCCC[C@H](C)C(=O)OCc3ccccc3)=C2N1.[Cl-]. The fourth-order valence-corrected chi connectivity index (χ4v) is 4.21. The number of thioether (sulfide) groups is 1. The molecule has 0 aliphatic carbocycles. The minimum absolute atomic E-state index is 0. The molecule has 0 saturated carbocycles. The molecule has 0 fully saturated rings. The fraction of sp³-hybridized carbons (Fsp3) is 0.591. The Balaban J connectivity index is 0.00000341. The number of aliphatic hydroxyl groups is 2. The molecule has 0 spiro atoms. The zero-order chi connectivity index (χ0) is 21.5. The van der Waals surface area contributed by atoms with E-state index >= 15 is 0 Å². The molecule has 4 atom stereocenters. The molecule has 1 aromatic rings. The van der Waals surface area contributed by atoms with E-state index in [2.05, 4.69) is 14.9 Å². The van der Waals surface area contributed by atoms with Crippen LogP contribution < -0.4 is 17.7 Å². The number of aliphatic hydroxyl groups excluding tert-OH is 2. The zero-order valence-electron chi connectivity index (χ0n) is 18.0. The molecule has 2 aliphatic heterocycles. The second-order valence-electron chi connectivity index (χ2n) is 7.97. The molecule has 31 heavy (non-hydrogen) atoms. The van der Waals surface area contributed by atoms with Gasteiger partial charge in [0, 0.05) is 6.42 Å². The molecule has 1 unspecified atom stereocenters. The summed E-state index contributed by atoms with van der Waals surface area (Å²) in [4.78, 5) is 16.8. The van der Waals surface area contributed by atoms with Crippen LogP contribution in [-0.2, 0) is 16.1 Å². The monoisotopic (exact) mass is 469 g/mol. The molecule has 7 nitrogen and oxygen atoms in total. The Labute approximate surface area is 194 Å². The summed E-state index contributed by atoms with van der Waals surface area (Å²) in [6, 6.07) is 9.55. The lowest BCUT2D eigenvalue weighted by Crippen LogP contribution is -3.00. The number of nitrogens with zero attached hydrogens (tertiary/aromatic N) is 2. The number of carbonyl (C=O) groups is 1. The third-order valence-corrected chi connectivity index (χ3v) is 6.21. The van der Waals surface area contributed by atoms with Crippen LogP contribution in [0.2, 0.25) is 0 Å². The van der Waals surface area contributed by atoms with Crippen LogP contribution in [0, 0.1) is 5.92 Å². The van der Waals surface area contributed by atoms with Crippen LogP contribution in [0.5, 0.6) is 0 Å². The average Bonchev–Trinajstić information content (AvgIpc) is 3.12. The Morgan fingerprint density at radius 1 is 1.29 bits per heavy atom. The van der Waals surface area contributed by atoms with Crippen molar-refractivity contribution in [1.29, 1.82) is 0 Å². The van der Waals surface area contributed by atoms with Crippen molar-refractivity contribution in [2.45, 2.75) is 57.5 Å². The fourth-order valence-electron chi connectivity index (χ4n) is 3.77. The van der Waals surface area contributed by atoms with E-state index in [0.717, 1.165) is 42.4 Å². The maximum absolute atomic E-state index is 12.2. The van der Waals surface area contributed by atoms with E-state index in [0.29, 0.717) is 19.6 Å². The summed E-state index contributed by atoms with van der Waals surface area (Å²) >= 11 is 1.54. The summed E-state index contributed by atoms with van der Waals surface area (Å²) in [6.07, 6.45) is 3.34. The standard InChI is InChI=1S/C22H31N3O4S.ClH/c1-15(21(28)29-14-16-9-4-3-5-10-16)8-6-7-11-25-13-19(27)18(26)12-17-20(25)24-22(23-17)30-2;/h3-5,9-10,15,17-19,26-27H,6-8,11-14H2,1-2H3;1H/t15-,17?,18-,19+;/m0./s1. The van der Waals surface area contributed by atoms with Gasteiger partial charge in [0.25, 0.3) is 11.0 Å². The van der Waals surface area contributed by atoms with E-state index in [4.69, 9.17) is 4.74 Å². The molecule has 0 amide bonds. The minimum atomic E-state index is -0.787. The number of ether oxygens (including phenoxy) is 1. The highest BCUT2D eigenvalue weighted by atomic mass is 35.5. The van der Waals surface area contributed by atoms with E-state index < -0.39 is 12.2 Å². The quantitative estimate of drug-likeness (QED) is 0.251. The van der Waals surface area contributed by atoms with Gasteiger partial charge in [-0.3, -0.25) is 9.37 Å². The van der Waals surface area contributed by atoms with Gasteiger partial charge in [0.05, 0.1) is 18.6 Å². The largest absolute Gasteiger partial charge is 1.00 e. The number of fused-ring (bicyclic) bond motifs is 1. The van der Waals surface area contributed by atoms with Crippen LogP contribution in [0.1, 0.15) is 38.2 Å². The van der Waals surface area contributed by atoms with Crippen molar-refractivity contribution in [3.8, 4) is 0 Å². The number of benzene rings is 1. The summed E-state index contributed by atoms with van der Waals surface area (Å²) in [6.45, 7) is 3.33. The highest BCUT2D eigenvalue weighted by Gasteiger charge is 2.40. The first-order valence-electron chi connectivity index (χ1n) is 10.5. The average molecular weight is 470 g/mol. The Bertz CT molecular complexity index is 790. The van der Waals surface area contributed by atoms with Crippen LogP contribution in [0.3, 0.4) is 0 Å². The zero-order valence-corrected chi connectivity index (χ0v) is 19.6. The highest BCUT2D eigenvalue weighted by molar-refractivity contribution is 8.13. The van der Waals surface area contributed by atoms with Gasteiger partial charge in [-0.1, -0.05) is 49.0 Å². The molecule has 172 valence electrons. The molecule has 3 rings (SSSR count). The number of rotatable bonds is 8. The summed E-state index contributed by atoms with van der Waals surface area (Å²) in [5.41, 5.74) is 0.988. The Kier molecular flexibility index (Phi) is 10.3. The summed E-state index contributed by atoms with van der Waals surface area (Å²) in [5, 5.41) is 24.6. The van der Waals surface area contributed by atoms with Gasteiger partial charge < -0.3 is 27.4 Å². The van der Waals surface area contributed by atoms with Crippen molar-refractivity contribution < 1.29 is 36.7 Å². The van der Waals surface area contributed by atoms with Crippen molar-refractivity contribution in [3.63, 3.8) is 0 Å². The second-order valence-corrected chi connectivity index (χ2v) is 8.77. The third-order valence-electron chi connectivity index (χ3n) is 5.62. The van der Waals surface area contributed by atoms with Gasteiger partial charge >= 0.3 is 5.97 Å². The highest BCUT2D eigenvalue weighted by Crippen LogP contribution is 2.19. The number of hydrogen-bond acceptors (Lipinski definition) is 7. The number of β-amino-alcohol motifs (C(OH)–C–C–N with tert-alkyl or cyclic N) is 1. The number of aliphatic imine (C=N–C) groups is 1. The predicted octanol–water partition coefficient (Wildman–Crippen LogP) is -1.23. The Morgan fingerprint density at radius 2 is 2.03 bits per heavy atom. The van der Waals surface area contributed by atoms with E-state index in [1.54, 1.807) is 11.8 Å². The van der Waals surface area contributed by atoms with E-state index in [-0.39, 0.29) is 30.3 Å². The molecular weight excluding hydrogens is 438 g/mol. The van der Waals surface area contributed by atoms with Crippen molar-refractivity contribution in [2.24, 2.45) is 10.9 Å². The van der Waals surface area contributed by atoms with Gasteiger partial charge in [0.2, 0.25) is 0 Å². The molecule has 1 aromatic carbocycles. The number of esters is 1. The minimum Gasteiger partial charge on any atom is -1.00 e. The van der Waals surface area contributed by atoms with Crippen molar-refractivity contribution in [3.05, 3.63) is 35.9 Å². The van der Waals surface area contributed by atoms with Gasteiger partial charge in [0.1, 0.15) is 19.3 Å². The first-order chi connectivity index (χ1) is 14.5. The molecule has 0 radical (unpaired) electrons. The summed E-state index contributed by atoms with van der Waals surface area (Å²) in [7, 11) is 0. The number of nitrogens with one attached hydrogen (secondary N) is 1. The molecule has 0 saturated heterocycles. The van der Waals surface area contributed by atoms with Crippen molar-refractivity contribution >= 4 is 28.7 Å². The first-order valence-corrected chi connectivity index (χ1v) is 11.8. The molecule has 3 N–H and O–H groups in total. The molecule has 0 bridgehead atoms. The number of carbonyl (C=O) groups excluding carboxylic acids is 1. The number of unbranched alkanes of at least 4 members (excludes halogenated alkanes) is 1. The number of amidine groups is 2. The van der Waals surface area contributed by atoms with Crippen molar-refractivity contribution in [1.82, 2.24) is 5.32 Å². The van der Waals surface area contributed by atoms with Gasteiger partial charge in [-0.05, 0) is 31.1 Å². The van der Waals surface area contributed by atoms with Crippen LogP contribution in [0.4, 0.5) is 0 Å².